The van der Waals surface area contributed by atoms with E-state index in [-0.39, 0.29) is 0 Å². The Morgan fingerprint density at radius 3 is 2.67 bits per heavy atom. The first-order valence-corrected chi connectivity index (χ1v) is 9.07. The Morgan fingerprint density at radius 1 is 1.29 bits per heavy atom. The summed E-state index contributed by atoms with van der Waals surface area (Å²) in [6.45, 7) is 2.32. The number of fused-ring (bicyclic) bond motifs is 2. The zero-order valence-corrected chi connectivity index (χ0v) is 13.4. The van der Waals surface area contributed by atoms with Gasteiger partial charge < -0.3 is 11.1 Å². The Balaban J connectivity index is 1.55. The van der Waals surface area contributed by atoms with E-state index in [4.69, 9.17) is 5.73 Å². The molecule has 1 aromatic rings. The van der Waals surface area contributed by atoms with Crippen molar-refractivity contribution in [2.24, 2.45) is 17.8 Å². The molecule has 1 aromatic heterocycles. The summed E-state index contributed by atoms with van der Waals surface area (Å²) < 4.78 is 0. The average Bonchev–Trinajstić information content (AvgIpc) is 2.96. The van der Waals surface area contributed by atoms with Crippen LogP contribution in [-0.4, -0.2) is 6.04 Å². The molecule has 2 bridgehead atoms. The van der Waals surface area contributed by atoms with Crippen LogP contribution in [0.1, 0.15) is 61.8 Å². The third kappa shape index (κ3) is 2.23. The van der Waals surface area contributed by atoms with Crippen molar-refractivity contribution in [2.45, 2.75) is 57.4 Å². The Morgan fingerprint density at radius 2 is 2.10 bits per heavy atom. The minimum Gasteiger partial charge on any atom is -0.397 e. The van der Waals surface area contributed by atoms with Crippen molar-refractivity contribution in [3.63, 3.8) is 0 Å². The quantitative estimate of drug-likeness (QED) is 0.870. The lowest BCUT2D eigenvalue weighted by atomic mass is 9.84. The fourth-order valence-corrected chi connectivity index (χ4v) is 5.75. The van der Waals surface area contributed by atoms with Gasteiger partial charge in [0.2, 0.25) is 0 Å². The van der Waals surface area contributed by atoms with Gasteiger partial charge in [-0.25, -0.2) is 0 Å². The number of rotatable bonds is 4. The third-order valence-corrected chi connectivity index (χ3v) is 6.92. The van der Waals surface area contributed by atoms with Crippen LogP contribution in [0.5, 0.6) is 0 Å². The lowest BCUT2D eigenvalue weighted by molar-refractivity contribution is 0.304. The number of nitriles is 1. The summed E-state index contributed by atoms with van der Waals surface area (Å²) in [5, 5.41) is 14.2. The normalized spacial score (nSPS) is 32.1. The molecule has 0 saturated heterocycles. The number of anilines is 2. The molecule has 0 amide bonds. The van der Waals surface area contributed by atoms with Gasteiger partial charge in [-0.15, -0.1) is 11.3 Å². The first-order valence-electron chi connectivity index (χ1n) is 8.26. The van der Waals surface area contributed by atoms with Gasteiger partial charge in [-0.1, -0.05) is 6.42 Å². The molecule has 4 atom stereocenters. The van der Waals surface area contributed by atoms with Gasteiger partial charge in [0.05, 0.1) is 10.7 Å². The van der Waals surface area contributed by atoms with Crippen LogP contribution in [0.3, 0.4) is 0 Å². The maximum atomic E-state index is 9.24. The predicted molar refractivity (Wildman–Crippen MR) is 87.4 cm³/mol. The molecule has 3 aliphatic carbocycles. The zero-order valence-electron chi connectivity index (χ0n) is 12.6. The largest absolute Gasteiger partial charge is 0.397 e. The van der Waals surface area contributed by atoms with Gasteiger partial charge >= 0.3 is 0 Å². The molecular weight excluding hydrogens is 278 g/mol. The van der Waals surface area contributed by atoms with Gasteiger partial charge in [0.1, 0.15) is 10.9 Å². The van der Waals surface area contributed by atoms with Crippen molar-refractivity contribution in [2.75, 3.05) is 11.1 Å². The van der Waals surface area contributed by atoms with Crippen molar-refractivity contribution < 1.29 is 0 Å². The summed E-state index contributed by atoms with van der Waals surface area (Å²) in [5.41, 5.74) is 8.18. The van der Waals surface area contributed by atoms with E-state index >= 15 is 0 Å². The van der Waals surface area contributed by atoms with Crippen LogP contribution in [0.2, 0.25) is 0 Å². The van der Waals surface area contributed by atoms with E-state index in [1.54, 1.807) is 11.3 Å². The van der Waals surface area contributed by atoms with Gasteiger partial charge in [-0.3, -0.25) is 0 Å². The van der Waals surface area contributed by atoms with Gasteiger partial charge in [0.25, 0.3) is 0 Å². The number of nitrogen functional groups attached to an aromatic ring is 1. The SMILES string of the molecule is CC(Nc1sc(C#N)c(N)c1C1CC1)C1CC2CCC1C2. The average molecular weight is 301 g/mol. The van der Waals surface area contributed by atoms with Crippen molar-refractivity contribution in [3.8, 4) is 6.07 Å². The summed E-state index contributed by atoms with van der Waals surface area (Å²) in [6.07, 6.45) is 8.16. The maximum absolute atomic E-state index is 9.24. The minimum absolute atomic E-state index is 0.502. The van der Waals surface area contributed by atoms with Crippen LogP contribution in [-0.2, 0) is 0 Å². The van der Waals surface area contributed by atoms with E-state index in [0.29, 0.717) is 16.8 Å². The van der Waals surface area contributed by atoms with Crippen LogP contribution in [0.25, 0.3) is 0 Å². The van der Waals surface area contributed by atoms with Crippen LogP contribution >= 0.6 is 11.3 Å². The molecule has 3 aliphatic rings. The van der Waals surface area contributed by atoms with Crippen molar-refractivity contribution in [1.82, 2.24) is 0 Å². The van der Waals surface area contributed by atoms with Crippen molar-refractivity contribution in [1.29, 1.82) is 5.26 Å². The molecule has 21 heavy (non-hydrogen) atoms. The van der Waals surface area contributed by atoms with Gasteiger partial charge in [-0.05, 0) is 62.7 Å². The second kappa shape index (κ2) is 4.91. The number of hydrogen-bond donors (Lipinski definition) is 2. The summed E-state index contributed by atoms with van der Waals surface area (Å²) in [5.74, 6) is 3.31. The highest BCUT2D eigenvalue weighted by atomic mass is 32.1. The Kier molecular flexibility index (Phi) is 3.15. The predicted octanol–water partition coefficient (Wildman–Crippen LogP) is 4.32. The van der Waals surface area contributed by atoms with E-state index in [2.05, 4.69) is 18.3 Å². The molecule has 0 aliphatic heterocycles. The first kappa shape index (κ1) is 13.5. The topological polar surface area (TPSA) is 61.8 Å². The summed E-state index contributed by atoms with van der Waals surface area (Å²) in [6, 6.07) is 2.76. The number of hydrogen-bond acceptors (Lipinski definition) is 4. The number of nitrogens with two attached hydrogens (primary N) is 1. The summed E-state index contributed by atoms with van der Waals surface area (Å²) in [7, 11) is 0. The van der Waals surface area contributed by atoms with E-state index in [9.17, 15) is 5.26 Å². The smallest absolute Gasteiger partial charge is 0.130 e. The maximum Gasteiger partial charge on any atom is 0.130 e. The highest BCUT2D eigenvalue weighted by Crippen LogP contribution is 2.53. The summed E-state index contributed by atoms with van der Waals surface area (Å²) >= 11 is 1.56. The van der Waals surface area contributed by atoms with Gasteiger partial charge in [0.15, 0.2) is 0 Å². The van der Waals surface area contributed by atoms with Crippen LogP contribution in [0.15, 0.2) is 0 Å². The molecule has 3 fully saturated rings. The fourth-order valence-electron chi connectivity index (χ4n) is 4.64. The number of nitrogens with zero attached hydrogens (tertiary/aromatic N) is 1. The monoisotopic (exact) mass is 301 g/mol. The van der Waals surface area contributed by atoms with Crippen LogP contribution in [0.4, 0.5) is 10.7 Å². The minimum atomic E-state index is 0.502. The second-order valence-electron chi connectivity index (χ2n) is 7.25. The van der Waals surface area contributed by atoms with E-state index < -0.39 is 0 Å². The molecular formula is C17H23N3S. The van der Waals surface area contributed by atoms with Gasteiger partial charge in [-0.2, -0.15) is 5.26 Å². The lowest BCUT2D eigenvalue weighted by Crippen LogP contribution is -2.29. The zero-order chi connectivity index (χ0) is 14.6. The molecule has 4 rings (SSSR count). The van der Waals surface area contributed by atoms with Gasteiger partial charge in [0, 0.05) is 11.6 Å². The van der Waals surface area contributed by atoms with E-state index in [1.165, 1.54) is 49.1 Å². The number of thiophene rings is 1. The van der Waals surface area contributed by atoms with Crippen molar-refractivity contribution in [3.05, 3.63) is 10.4 Å². The molecule has 3 saturated carbocycles. The Labute approximate surface area is 130 Å². The molecule has 4 unspecified atom stereocenters. The van der Waals surface area contributed by atoms with Crippen LogP contribution in [0, 0.1) is 29.1 Å². The Hall–Kier alpha value is -1.21. The molecule has 3 nitrogen and oxygen atoms in total. The fraction of sp³-hybridized carbons (Fsp3) is 0.706. The molecule has 3 N–H and O–H groups in total. The Bertz CT molecular complexity index is 596. The summed E-state index contributed by atoms with van der Waals surface area (Å²) in [4.78, 5) is 0.694. The van der Waals surface area contributed by atoms with E-state index in [1.807, 2.05) is 0 Å². The van der Waals surface area contributed by atoms with Crippen molar-refractivity contribution >= 4 is 22.0 Å². The van der Waals surface area contributed by atoms with Crippen LogP contribution < -0.4 is 11.1 Å². The van der Waals surface area contributed by atoms with E-state index in [0.717, 1.165) is 23.4 Å². The lowest BCUT2D eigenvalue weighted by Gasteiger charge is -2.29. The first-order chi connectivity index (χ1) is 10.2. The molecule has 1 heterocycles. The molecule has 0 aromatic carbocycles. The third-order valence-electron chi connectivity index (χ3n) is 5.86. The standard InChI is InChI=1S/C17H23N3S/c1-9(13-7-10-2-3-12(13)6-10)20-17-15(11-4-5-11)16(19)14(8-18)21-17/h9-13,20H,2-7,19H2,1H3. The molecule has 112 valence electrons. The molecule has 0 radical (unpaired) electrons. The molecule has 4 heteroatoms. The highest BCUT2D eigenvalue weighted by molar-refractivity contribution is 7.17. The molecule has 0 spiro atoms. The highest BCUT2D eigenvalue weighted by Gasteiger charge is 2.42. The second-order valence-corrected chi connectivity index (χ2v) is 8.27. The number of nitrogens with one attached hydrogen (secondary N) is 1.